The van der Waals surface area contributed by atoms with Crippen molar-refractivity contribution in [2.24, 2.45) is 5.18 Å². The fourth-order valence-corrected chi connectivity index (χ4v) is 0.855. The SMILES string of the molecule is Nc1ccc([N+](=O)[O-])c(N=O)c1N. The Morgan fingerprint density at radius 3 is 2.46 bits per heavy atom. The molecule has 0 amide bonds. The average Bonchev–Trinajstić information content (AvgIpc) is 2.09. The van der Waals surface area contributed by atoms with Crippen LogP contribution in [-0.4, -0.2) is 4.92 Å². The van der Waals surface area contributed by atoms with Crippen molar-refractivity contribution < 1.29 is 4.92 Å². The minimum atomic E-state index is -0.744. The van der Waals surface area contributed by atoms with E-state index in [1.165, 1.54) is 6.07 Å². The zero-order chi connectivity index (χ0) is 10.0. The number of nitroso groups, excluding NO2 is 1. The fraction of sp³-hybridized carbons (Fsp3) is 0. The van der Waals surface area contributed by atoms with Gasteiger partial charge in [0, 0.05) is 6.07 Å². The number of rotatable bonds is 2. The van der Waals surface area contributed by atoms with Crippen LogP contribution in [0, 0.1) is 15.0 Å². The van der Waals surface area contributed by atoms with Crippen LogP contribution >= 0.6 is 0 Å². The van der Waals surface area contributed by atoms with Crippen molar-refractivity contribution in [3.05, 3.63) is 27.2 Å². The monoisotopic (exact) mass is 182 g/mol. The molecule has 0 aliphatic heterocycles. The van der Waals surface area contributed by atoms with E-state index in [9.17, 15) is 15.0 Å². The lowest BCUT2D eigenvalue weighted by atomic mass is 10.2. The molecule has 68 valence electrons. The summed E-state index contributed by atoms with van der Waals surface area (Å²) in [6.45, 7) is 0. The van der Waals surface area contributed by atoms with E-state index >= 15 is 0 Å². The smallest absolute Gasteiger partial charge is 0.300 e. The van der Waals surface area contributed by atoms with Crippen LogP contribution in [0.2, 0.25) is 0 Å². The Hall–Kier alpha value is -2.18. The average molecular weight is 182 g/mol. The minimum Gasteiger partial charge on any atom is -0.397 e. The zero-order valence-corrected chi connectivity index (χ0v) is 6.43. The summed E-state index contributed by atoms with van der Waals surface area (Å²) >= 11 is 0. The van der Waals surface area contributed by atoms with Gasteiger partial charge in [-0.05, 0) is 11.2 Å². The van der Waals surface area contributed by atoms with Crippen LogP contribution in [0.5, 0.6) is 0 Å². The summed E-state index contributed by atoms with van der Waals surface area (Å²) in [7, 11) is 0. The molecule has 0 aliphatic rings. The van der Waals surface area contributed by atoms with Crippen LogP contribution in [0.15, 0.2) is 17.3 Å². The van der Waals surface area contributed by atoms with E-state index in [2.05, 4.69) is 5.18 Å². The number of nitro benzene ring substituents is 1. The third kappa shape index (κ3) is 1.39. The summed E-state index contributed by atoms with van der Waals surface area (Å²) in [6.07, 6.45) is 0. The topological polar surface area (TPSA) is 125 Å². The second-order valence-corrected chi connectivity index (χ2v) is 2.28. The Labute approximate surface area is 72.5 Å². The van der Waals surface area contributed by atoms with E-state index in [0.29, 0.717) is 0 Å². The molecule has 0 spiro atoms. The first-order valence-electron chi connectivity index (χ1n) is 3.23. The predicted octanol–water partition coefficient (Wildman–Crippen LogP) is 1.16. The van der Waals surface area contributed by atoms with Gasteiger partial charge in [0.15, 0.2) is 0 Å². The van der Waals surface area contributed by atoms with Crippen LogP contribution < -0.4 is 11.5 Å². The van der Waals surface area contributed by atoms with Gasteiger partial charge in [-0.1, -0.05) is 0 Å². The Balaban J connectivity index is 3.47. The molecule has 4 N–H and O–H groups in total. The normalized spacial score (nSPS) is 9.54. The van der Waals surface area contributed by atoms with Gasteiger partial charge in [0.1, 0.15) is 0 Å². The summed E-state index contributed by atoms with van der Waals surface area (Å²) in [5, 5.41) is 12.8. The number of nitrogens with zero attached hydrogens (tertiary/aromatic N) is 2. The number of hydrogen-bond donors (Lipinski definition) is 2. The van der Waals surface area contributed by atoms with Gasteiger partial charge in [0.05, 0.1) is 16.3 Å². The summed E-state index contributed by atoms with van der Waals surface area (Å²) in [4.78, 5) is 19.8. The van der Waals surface area contributed by atoms with Crippen LogP contribution in [-0.2, 0) is 0 Å². The van der Waals surface area contributed by atoms with Crippen LogP contribution in [0.3, 0.4) is 0 Å². The number of nitrogens with two attached hydrogens (primary N) is 2. The third-order valence-corrected chi connectivity index (χ3v) is 1.52. The molecule has 0 saturated heterocycles. The van der Waals surface area contributed by atoms with Gasteiger partial charge in [0.2, 0.25) is 5.69 Å². The number of benzene rings is 1. The molecule has 0 fully saturated rings. The maximum Gasteiger partial charge on any atom is 0.300 e. The van der Waals surface area contributed by atoms with Crippen molar-refractivity contribution in [1.82, 2.24) is 0 Å². The van der Waals surface area contributed by atoms with Gasteiger partial charge < -0.3 is 11.5 Å². The lowest BCUT2D eigenvalue weighted by Crippen LogP contribution is -1.97. The van der Waals surface area contributed by atoms with E-state index in [1.807, 2.05) is 0 Å². The molecule has 0 bridgehead atoms. The molecule has 1 rings (SSSR count). The predicted molar refractivity (Wildman–Crippen MR) is 47.4 cm³/mol. The van der Waals surface area contributed by atoms with Crippen molar-refractivity contribution in [3.63, 3.8) is 0 Å². The largest absolute Gasteiger partial charge is 0.397 e. The molecule has 0 aliphatic carbocycles. The molecule has 13 heavy (non-hydrogen) atoms. The maximum atomic E-state index is 10.4. The standard InChI is InChI=1S/C6H6N4O3/c7-3-1-2-4(10(12)13)6(9-11)5(3)8/h1-2H,7-8H2. The fourth-order valence-electron chi connectivity index (χ4n) is 0.855. The lowest BCUT2D eigenvalue weighted by molar-refractivity contribution is -0.384. The summed E-state index contributed by atoms with van der Waals surface area (Å²) in [5.41, 5.74) is 9.69. The number of anilines is 2. The Kier molecular flexibility index (Phi) is 2.09. The molecule has 0 atom stereocenters. The Morgan fingerprint density at radius 1 is 1.38 bits per heavy atom. The van der Waals surface area contributed by atoms with Gasteiger partial charge in [-0.2, -0.15) is 0 Å². The Morgan fingerprint density at radius 2 is 2.00 bits per heavy atom. The van der Waals surface area contributed by atoms with Crippen molar-refractivity contribution in [3.8, 4) is 0 Å². The van der Waals surface area contributed by atoms with Crippen molar-refractivity contribution in [2.75, 3.05) is 11.5 Å². The summed E-state index contributed by atoms with van der Waals surface area (Å²) in [5.74, 6) is 0. The molecule has 1 aromatic carbocycles. The van der Waals surface area contributed by atoms with Crippen LogP contribution in [0.1, 0.15) is 0 Å². The zero-order valence-electron chi connectivity index (χ0n) is 6.43. The Bertz CT molecular complexity index is 376. The molecule has 0 unspecified atom stereocenters. The van der Waals surface area contributed by atoms with Crippen LogP contribution in [0.25, 0.3) is 0 Å². The quantitative estimate of drug-likeness (QED) is 0.307. The highest BCUT2D eigenvalue weighted by Gasteiger charge is 2.18. The van der Waals surface area contributed by atoms with E-state index in [0.717, 1.165) is 6.07 Å². The highest BCUT2D eigenvalue weighted by molar-refractivity contribution is 5.83. The second kappa shape index (κ2) is 3.05. The lowest BCUT2D eigenvalue weighted by Gasteiger charge is -2.01. The molecule has 0 aromatic heterocycles. The second-order valence-electron chi connectivity index (χ2n) is 2.28. The van der Waals surface area contributed by atoms with Gasteiger partial charge in [0.25, 0.3) is 0 Å². The molecule has 7 heteroatoms. The van der Waals surface area contributed by atoms with Gasteiger partial charge in [-0.25, -0.2) is 0 Å². The highest BCUT2D eigenvalue weighted by Crippen LogP contribution is 2.36. The molecule has 0 heterocycles. The van der Waals surface area contributed by atoms with Gasteiger partial charge in [-0.3, -0.25) is 10.1 Å². The van der Waals surface area contributed by atoms with Gasteiger partial charge >= 0.3 is 5.69 Å². The molecule has 0 saturated carbocycles. The number of nitrogen functional groups attached to an aromatic ring is 2. The third-order valence-electron chi connectivity index (χ3n) is 1.52. The molecular weight excluding hydrogens is 176 g/mol. The number of nitro groups is 1. The summed E-state index contributed by atoms with van der Waals surface area (Å²) in [6, 6.07) is 2.34. The first-order chi connectivity index (χ1) is 6.07. The first-order valence-corrected chi connectivity index (χ1v) is 3.23. The van der Waals surface area contributed by atoms with Crippen molar-refractivity contribution in [2.45, 2.75) is 0 Å². The van der Waals surface area contributed by atoms with E-state index < -0.39 is 16.3 Å². The molecule has 7 nitrogen and oxygen atoms in total. The number of hydrogen-bond acceptors (Lipinski definition) is 6. The van der Waals surface area contributed by atoms with E-state index in [4.69, 9.17) is 11.5 Å². The van der Waals surface area contributed by atoms with Crippen LogP contribution in [0.4, 0.5) is 22.7 Å². The first kappa shape index (κ1) is 8.91. The van der Waals surface area contributed by atoms with Gasteiger partial charge in [-0.15, -0.1) is 4.91 Å². The highest BCUT2D eigenvalue weighted by atomic mass is 16.6. The minimum absolute atomic E-state index is 0.0974. The van der Waals surface area contributed by atoms with Crippen molar-refractivity contribution >= 4 is 22.7 Å². The van der Waals surface area contributed by atoms with E-state index in [-0.39, 0.29) is 11.4 Å². The summed E-state index contributed by atoms with van der Waals surface area (Å²) < 4.78 is 0. The molecule has 0 radical (unpaired) electrons. The molecular formula is C6H6N4O3. The maximum absolute atomic E-state index is 10.4. The van der Waals surface area contributed by atoms with E-state index in [1.54, 1.807) is 0 Å². The van der Waals surface area contributed by atoms with Crippen molar-refractivity contribution in [1.29, 1.82) is 0 Å². The molecule has 1 aromatic rings.